The van der Waals surface area contributed by atoms with Crippen molar-refractivity contribution >= 4 is 22.8 Å². The largest absolute Gasteiger partial charge is 0.332 e. The van der Waals surface area contributed by atoms with Crippen LogP contribution in [0.5, 0.6) is 0 Å². The molecule has 3 heterocycles. The van der Waals surface area contributed by atoms with Gasteiger partial charge in [0.1, 0.15) is 5.82 Å². The van der Waals surface area contributed by atoms with Crippen LogP contribution in [-0.2, 0) is 27.2 Å². The van der Waals surface area contributed by atoms with E-state index < -0.39 is 5.69 Å². The Morgan fingerprint density at radius 3 is 1.95 bits per heavy atom. The third kappa shape index (κ3) is 5.26. The SMILES string of the molecule is Cn1c(=O)c2c(nc(CN3CCN(C(c4ccccc4)c4ccccc4)CC3)n2Cc2ccccc2Cl)n(C)c1=O. The van der Waals surface area contributed by atoms with Gasteiger partial charge >= 0.3 is 5.69 Å². The van der Waals surface area contributed by atoms with E-state index in [9.17, 15) is 9.59 Å². The van der Waals surface area contributed by atoms with Gasteiger partial charge in [-0.2, -0.15) is 0 Å². The van der Waals surface area contributed by atoms with Gasteiger partial charge < -0.3 is 4.57 Å². The van der Waals surface area contributed by atoms with E-state index in [1.807, 2.05) is 28.8 Å². The first-order valence-corrected chi connectivity index (χ1v) is 14.2. The number of aromatic nitrogens is 4. The molecule has 0 aliphatic carbocycles. The smallest absolute Gasteiger partial charge is 0.316 e. The highest BCUT2D eigenvalue weighted by atomic mass is 35.5. The van der Waals surface area contributed by atoms with Crippen LogP contribution in [0.2, 0.25) is 5.02 Å². The summed E-state index contributed by atoms with van der Waals surface area (Å²) in [4.78, 5) is 35.8. The predicted octanol–water partition coefficient (Wildman–Crippen LogP) is 4.04. The Bertz CT molecular complexity index is 1750. The van der Waals surface area contributed by atoms with Crippen molar-refractivity contribution in [3.05, 3.63) is 133 Å². The van der Waals surface area contributed by atoms with Gasteiger partial charge in [0.25, 0.3) is 5.56 Å². The van der Waals surface area contributed by atoms with Crippen molar-refractivity contribution in [2.45, 2.75) is 19.1 Å². The normalized spacial score (nSPS) is 14.7. The Morgan fingerprint density at radius 2 is 1.34 bits per heavy atom. The molecule has 0 amide bonds. The molecule has 0 saturated carbocycles. The van der Waals surface area contributed by atoms with Crippen molar-refractivity contribution < 1.29 is 0 Å². The molecule has 1 aliphatic rings. The van der Waals surface area contributed by atoms with Crippen molar-refractivity contribution in [3.8, 4) is 0 Å². The van der Waals surface area contributed by atoms with Crippen LogP contribution in [0.1, 0.15) is 28.6 Å². The van der Waals surface area contributed by atoms with Gasteiger partial charge in [-0.05, 0) is 22.8 Å². The Balaban J connectivity index is 1.30. The lowest BCUT2D eigenvalue weighted by Crippen LogP contribution is -2.47. The molecule has 0 unspecified atom stereocenters. The lowest BCUT2D eigenvalue weighted by Gasteiger charge is -2.39. The number of aryl methyl sites for hydroxylation is 1. The van der Waals surface area contributed by atoms with Gasteiger partial charge in [-0.1, -0.05) is 90.5 Å². The minimum atomic E-state index is -0.391. The van der Waals surface area contributed by atoms with Gasteiger partial charge in [0.15, 0.2) is 11.2 Å². The molecule has 8 nitrogen and oxygen atoms in total. The van der Waals surface area contributed by atoms with Crippen molar-refractivity contribution in [2.75, 3.05) is 26.2 Å². The van der Waals surface area contributed by atoms with Crippen molar-refractivity contribution in [1.29, 1.82) is 0 Å². The molecule has 6 rings (SSSR count). The molecule has 1 saturated heterocycles. The van der Waals surface area contributed by atoms with Crippen LogP contribution in [0.25, 0.3) is 11.2 Å². The summed E-state index contributed by atoms with van der Waals surface area (Å²) in [5.74, 6) is 0.745. The molecular formula is C32H33ClN6O2. The molecule has 0 spiro atoms. The molecular weight excluding hydrogens is 536 g/mol. The van der Waals surface area contributed by atoms with Crippen LogP contribution in [0, 0.1) is 0 Å². The molecule has 41 heavy (non-hydrogen) atoms. The third-order valence-corrected chi connectivity index (χ3v) is 8.45. The summed E-state index contributed by atoms with van der Waals surface area (Å²) in [5.41, 5.74) is 3.52. The average Bonchev–Trinajstić information content (AvgIpc) is 3.36. The number of hydrogen-bond acceptors (Lipinski definition) is 5. The average molecular weight is 569 g/mol. The molecule has 1 fully saturated rings. The zero-order chi connectivity index (χ0) is 28.5. The molecule has 5 aromatic rings. The summed E-state index contributed by atoms with van der Waals surface area (Å²) in [6, 6.07) is 29.1. The molecule has 0 atom stereocenters. The lowest BCUT2D eigenvalue weighted by atomic mass is 9.96. The van der Waals surface area contributed by atoms with Crippen molar-refractivity contribution in [1.82, 2.24) is 28.5 Å². The third-order valence-electron chi connectivity index (χ3n) is 8.08. The van der Waals surface area contributed by atoms with E-state index in [-0.39, 0.29) is 11.6 Å². The molecule has 3 aromatic carbocycles. The van der Waals surface area contributed by atoms with Gasteiger partial charge in [-0.3, -0.25) is 23.7 Å². The minimum Gasteiger partial charge on any atom is -0.316 e. The Morgan fingerprint density at radius 1 is 0.756 bits per heavy atom. The molecule has 0 bridgehead atoms. The summed E-state index contributed by atoms with van der Waals surface area (Å²) >= 11 is 6.52. The number of imidazole rings is 1. The Labute approximate surface area is 243 Å². The molecule has 210 valence electrons. The van der Waals surface area contributed by atoms with E-state index in [1.54, 1.807) is 7.05 Å². The van der Waals surface area contributed by atoms with Gasteiger partial charge in [0.05, 0.1) is 19.1 Å². The highest BCUT2D eigenvalue weighted by Crippen LogP contribution is 2.30. The minimum absolute atomic E-state index is 0.182. The Kier molecular flexibility index (Phi) is 7.62. The zero-order valence-corrected chi connectivity index (χ0v) is 24.0. The van der Waals surface area contributed by atoms with Crippen LogP contribution in [0.3, 0.4) is 0 Å². The first-order valence-electron chi connectivity index (χ1n) is 13.9. The number of fused-ring (bicyclic) bond motifs is 1. The van der Waals surface area contributed by atoms with E-state index in [4.69, 9.17) is 16.6 Å². The fourth-order valence-corrected chi connectivity index (χ4v) is 6.04. The fraction of sp³-hybridized carbons (Fsp3) is 0.281. The van der Waals surface area contributed by atoms with Crippen LogP contribution in [-0.4, -0.2) is 54.7 Å². The maximum atomic E-state index is 13.3. The first-order chi connectivity index (χ1) is 19.9. The van der Waals surface area contributed by atoms with Crippen LogP contribution in [0.15, 0.2) is 94.5 Å². The molecule has 2 aromatic heterocycles. The van der Waals surface area contributed by atoms with E-state index in [1.165, 1.54) is 22.7 Å². The van der Waals surface area contributed by atoms with Gasteiger partial charge in [-0.25, -0.2) is 9.78 Å². The van der Waals surface area contributed by atoms with Crippen LogP contribution >= 0.6 is 11.6 Å². The van der Waals surface area contributed by atoms with E-state index in [0.29, 0.717) is 29.3 Å². The maximum absolute atomic E-state index is 13.3. The monoisotopic (exact) mass is 568 g/mol. The summed E-state index contributed by atoms with van der Waals surface area (Å²) in [6.07, 6.45) is 0. The fourth-order valence-electron chi connectivity index (χ4n) is 5.84. The van der Waals surface area contributed by atoms with Gasteiger partial charge in [0.2, 0.25) is 0 Å². The lowest BCUT2D eigenvalue weighted by molar-refractivity contribution is 0.102. The van der Waals surface area contributed by atoms with Crippen molar-refractivity contribution in [2.24, 2.45) is 14.1 Å². The number of rotatable bonds is 7. The number of halogens is 1. The van der Waals surface area contributed by atoms with Crippen LogP contribution in [0.4, 0.5) is 0 Å². The number of hydrogen-bond donors (Lipinski definition) is 0. The second-order valence-electron chi connectivity index (χ2n) is 10.6. The van der Waals surface area contributed by atoms with Crippen molar-refractivity contribution in [3.63, 3.8) is 0 Å². The maximum Gasteiger partial charge on any atom is 0.332 e. The number of benzene rings is 3. The first kappa shape index (κ1) is 27.2. The second-order valence-corrected chi connectivity index (χ2v) is 11.0. The number of nitrogens with zero attached hydrogens (tertiary/aromatic N) is 6. The molecule has 0 radical (unpaired) electrons. The predicted molar refractivity (Wildman–Crippen MR) is 162 cm³/mol. The summed E-state index contributed by atoms with van der Waals surface area (Å²) < 4.78 is 4.52. The molecule has 1 aliphatic heterocycles. The summed E-state index contributed by atoms with van der Waals surface area (Å²) in [5, 5.41) is 0.628. The topological polar surface area (TPSA) is 68.3 Å². The van der Waals surface area contributed by atoms with E-state index in [2.05, 4.69) is 70.5 Å². The van der Waals surface area contributed by atoms with Gasteiger partial charge in [-0.15, -0.1) is 0 Å². The van der Waals surface area contributed by atoms with E-state index >= 15 is 0 Å². The van der Waals surface area contributed by atoms with Gasteiger partial charge in [0, 0.05) is 45.3 Å². The summed E-state index contributed by atoms with van der Waals surface area (Å²) in [6.45, 7) is 4.43. The standard InChI is InChI=1S/C32H33ClN6O2/c1-35-30-29(31(40)36(2)32(35)41)39(21-25-15-9-10-16-26(25)33)27(34-30)22-37-17-19-38(20-18-37)28(23-11-5-3-6-12-23)24-13-7-4-8-14-24/h3-16,28H,17-22H2,1-2H3. The highest BCUT2D eigenvalue weighted by molar-refractivity contribution is 6.31. The van der Waals surface area contributed by atoms with E-state index in [0.717, 1.165) is 42.1 Å². The quantitative estimate of drug-likeness (QED) is 0.296. The van der Waals surface area contributed by atoms with Crippen LogP contribution < -0.4 is 11.2 Å². The molecule has 9 heteroatoms. The Hall–Kier alpha value is -3.98. The second kappa shape index (κ2) is 11.5. The summed E-state index contributed by atoms with van der Waals surface area (Å²) in [7, 11) is 3.17. The molecule has 0 N–H and O–H groups in total. The zero-order valence-electron chi connectivity index (χ0n) is 23.3. The number of piperazine rings is 1. The highest BCUT2D eigenvalue weighted by Gasteiger charge is 2.28.